The predicted molar refractivity (Wildman–Crippen MR) is 247 cm³/mol. The third-order valence-corrected chi connectivity index (χ3v) is 13.3. The Bertz CT molecular complexity index is 3490. The summed E-state index contributed by atoms with van der Waals surface area (Å²) >= 11 is 0. The third-order valence-electron chi connectivity index (χ3n) is 13.3. The standard InChI is InChI=1S/C58H35N/c1-2-17-41-36(13-1)14-9-23-42(41)37-28-30-39(31-29-37)54-45-19-3-5-21-47(45)55(48-22-6-4-20-46(48)54)40-32-33-51-49(35-40)57-53(27-12-34-59-57)58(51)50-25-8-7-18-43(50)44-24-10-15-38-16-11-26-52(58)56(38)44/h1-35H. The number of benzene rings is 10. The third kappa shape index (κ3) is 4.37. The highest BCUT2D eigenvalue weighted by Gasteiger charge is 2.50. The van der Waals surface area contributed by atoms with Gasteiger partial charge in [-0.3, -0.25) is 4.98 Å². The van der Waals surface area contributed by atoms with Crippen molar-refractivity contribution in [2.24, 2.45) is 0 Å². The molecule has 0 amide bonds. The van der Waals surface area contributed by atoms with E-state index < -0.39 is 5.41 Å². The molecule has 1 aromatic heterocycles. The Hall–Kier alpha value is -7.61. The fourth-order valence-electron chi connectivity index (χ4n) is 11.0. The Kier molecular flexibility index (Phi) is 6.71. The molecular weight excluding hydrogens is 711 g/mol. The highest BCUT2D eigenvalue weighted by molar-refractivity contribution is 6.22. The normalized spacial score (nSPS) is 14.8. The van der Waals surface area contributed by atoms with Gasteiger partial charge < -0.3 is 0 Å². The zero-order chi connectivity index (χ0) is 38.7. The molecule has 0 fully saturated rings. The number of hydrogen-bond donors (Lipinski definition) is 0. The van der Waals surface area contributed by atoms with Crippen LogP contribution >= 0.6 is 0 Å². The smallest absolute Gasteiger partial charge is 0.0753 e. The highest BCUT2D eigenvalue weighted by atomic mass is 14.7. The van der Waals surface area contributed by atoms with E-state index in [1.54, 1.807) is 0 Å². The Morgan fingerprint density at radius 3 is 1.58 bits per heavy atom. The molecule has 13 rings (SSSR count). The first-order valence-corrected chi connectivity index (χ1v) is 20.5. The average Bonchev–Trinajstić information content (AvgIpc) is 3.59. The lowest BCUT2D eigenvalue weighted by Crippen LogP contribution is -2.31. The maximum atomic E-state index is 5.20. The van der Waals surface area contributed by atoms with Crippen LogP contribution in [0.2, 0.25) is 0 Å². The molecule has 0 aliphatic heterocycles. The van der Waals surface area contributed by atoms with Crippen LogP contribution in [-0.2, 0) is 5.41 Å². The molecule has 272 valence electrons. The molecule has 1 atom stereocenters. The quantitative estimate of drug-likeness (QED) is 0.164. The van der Waals surface area contributed by atoms with Crippen molar-refractivity contribution in [2.75, 3.05) is 0 Å². The van der Waals surface area contributed by atoms with Crippen molar-refractivity contribution in [1.29, 1.82) is 0 Å². The van der Waals surface area contributed by atoms with Gasteiger partial charge in [0.15, 0.2) is 0 Å². The van der Waals surface area contributed by atoms with Gasteiger partial charge >= 0.3 is 0 Å². The van der Waals surface area contributed by atoms with Crippen molar-refractivity contribution in [2.45, 2.75) is 5.41 Å². The Morgan fingerprint density at radius 2 is 0.814 bits per heavy atom. The Morgan fingerprint density at radius 1 is 0.305 bits per heavy atom. The van der Waals surface area contributed by atoms with Gasteiger partial charge in [0.1, 0.15) is 0 Å². The van der Waals surface area contributed by atoms with Crippen molar-refractivity contribution in [3.05, 3.63) is 235 Å². The van der Waals surface area contributed by atoms with Gasteiger partial charge in [0, 0.05) is 11.8 Å². The molecule has 1 unspecified atom stereocenters. The maximum absolute atomic E-state index is 5.20. The Balaban J connectivity index is 1.04. The van der Waals surface area contributed by atoms with E-state index >= 15 is 0 Å². The van der Waals surface area contributed by atoms with Gasteiger partial charge in [-0.05, 0) is 122 Å². The van der Waals surface area contributed by atoms with Crippen LogP contribution in [0.25, 0.3) is 98.9 Å². The molecule has 11 aromatic rings. The topological polar surface area (TPSA) is 12.9 Å². The molecule has 2 aliphatic rings. The van der Waals surface area contributed by atoms with E-state index in [-0.39, 0.29) is 0 Å². The summed E-state index contributed by atoms with van der Waals surface area (Å²) in [4.78, 5) is 5.20. The lowest BCUT2D eigenvalue weighted by atomic mass is 9.61. The van der Waals surface area contributed by atoms with Crippen LogP contribution in [0.5, 0.6) is 0 Å². The van der Waals surface area contributed by atoms with Crippen molar-refractivity contribution in [1.82, 2.24) is 4.98 Å². The van der Waals surface area contributed by atoms with E-state index in [2.05, 4.69) is 206 Å². The zero-order valence-corrected chi connectivity index (χ0v) is 32.2. The monoisotopic (exact) mass is 745 g/mol. The summed E-state index contributed by atoms with van der Waals surface area (Å²) in [5.41, 5.74) is 17.0. The lowest BCUT2D eigenvalue weighted by Gasteiger charge is -2.39. The van der Waals surface area contributed by atoms with Gasteiger partial charge in [-0.1, -0.05) is 194 Å². The van der Waals surface area contributed by atoms with Crippen molar-refractivity contribution in [3.8, 4) is 55.8 Å². The number of pyridine rings is 1. The molecular formula is C58H35N. The second-order valence-electron chi connectivity index (χ2n) is 16.1. The highest BCUT2D eigenvalue weighted by Crippen LogP contribution is 2.62. The molecule has 0 radical (unpaired) electrons. The molecule has 1 heterocycles. The number of hydrogen-bond acceptors (Lipinski definition) is 1. The van der Waals surface area contributed by atoms with Crippen LogP contribution in [0.3, 0.4) is 0 Å². The molecule has 0 bridgehead atoms. The Labute approximate surface area is 342 Å². The van der Waals surface area contributed by atoms with Crippen LogP contribution in [0.15, 0.2) is 212 Å². The summed E-state index contributed by atoms with van der Waals surface area (Å²) < 4.78 is 0. The molecule has 1 spiro atoms. The van der Waals surface area contributed by atoms with E-state index in [0.29, 0.717) is 0 Å². The summed E-state index contributed by atoms with van der Waals surface area (Å²) in [6.45, 7) is 0. The van der Waals surface area contributed by atoms with Crippen LogP contribution in [0, 0.1) is 0 Å². The first-order valence-electron chi connectivity index (χ1n) is 20.5. The van der Waals surface area contributed by atoms with Crippen LogP contribution < -0.4 is 0 Å². The molecule has 0 saturated carbocycles. The summed E-state index contributed by atoms with van der Waals surface area (Å²) in [7, 11) is 0. The zero-order valence-electron chi connectivity index (χ0n) is 32.2. The van der Waals surface area contributed by atoms with Gasteiger partial charge in [-0.15, -0.1) is 0 Å². The number of aromatic nitrogens is 1. The first kappa shape index (κ1) is 32.5. The van der Waals surface area contributed by atoms with Crippen molar-refractivity contribution in [3.63, 3.8) is 0 Å². The van der Waals surface area contributed by atoms with Gasteiger partial charge in [-0.25, -0.2) is 0 Å². The van der Waals surface area contributed by atoms with E-state index in [9.17, 15) is 0 Å². The molecule has 0 saturated heterocycles. The summed E-state index contributed by atoms with van der Waals surface area (Å²) in [6.07, 6.45) is 1.96. The molecule has 0 N–H and O–H groups in total. The molecule has 59 heavy (non-hydrogen) atoms. The van der Waals surface area contributed by atoms with Crippen LogP contribution in [-0.4, -0.2) is 4.98 Å². The maximum Gasteiger partial charge on any atom is 0.0753 e. The van der Waals surface area contributed by atoms with Crippen molar-refractivity contribution >= 4 is 43.1 Å². The summed E-state index contributed by atoms with van der Waals surface area (Å²) in [5, 5.41) is 10.1. The molecule has 10 aromatic carbocycles. The predicted octanol–water partition coefficient (Wildman–Crippen LogP) is 15.0. The van der Waals surface area contributed by atoms with Gasteiger partial charge in [-0.2, -0.15) is 0 Å². The second-order valence-corrected chi connectivity index (χ2v) is 16.1. The van der Waals surface area contributed by atoms with E-state index in [1.807, 2.05) is 6.20 Å². The number of rotatable bonds is 3. The lowest BCUT2D eigenvalue weighted by molar-refractivity contribution is 0.771. The summed E-state index contributed by atoms with van der Waals surface area (Å²) in [5.74, 6) is 0. The summed E-state index contributed by atoms with van der Waals surface area (Å²) in [6, 6.07) is 76.7. The van der Waals surface area contributed by atoms with Crippen LogP contribution in [0.1, 0.15) is 22.3 Å². The molecule has 1 nitrogen and oxygen atoms in total. The average molecular weight is 746 g/mol. The minimum Gasteiger partial charge on any atom is -0.256 e. The largest absolute Gasteiger partial charge is 0.256 e. The van der Waals surface area contributed by atoms with E-state index in [1.165, 1.54) is 115 Å². The van der Waals surface area contributed by atoms with Gasteiger partial charge in [0.2, 0.25) is 0 Å². The number of fused-ring (bicyclic) bond motifs is 12. The van der Waals surface area contributed by atoms with E-state index in [4.69, 9.17) is 4.98 Å². The fraction of sp³-hybridized carbons (Fsp3) is 0.0172. The fourth-order valence-corrected chi connectivity index (χ4v) is 11.0. The molecule has 1 heteroatoms. The van der Waals surface area contributed by atoms with Gasteiger partial charge in [0.25, 0.3) is 0 Å². The van der Waals surface area contributed by atoms with Gasteiger partial charge in [0.05, 0.1) is 11.1 Å². The van der Waals surface area contributed by atoms with Crippen molar-refractivity contribution < 1.29 is 0 Å². The minimum atomic E-state index is -0.492. The SMILES string of the molecule is c1ccc2c(c1)-c1cccc3cccc(c13)C21c2ccc(-c3c4ccccc4c(-c4ccc(-c5cccc6ccccc56)cc4)c4ccccc34)cc2-c2ncccc21. The number of nitrogens with zero attached hydrogens (tertiary/aromatic N) is 1. The first-order chi connectivity index (χ1) is 29.3. The van der Waals surface area contributed by atoms with Crippen LogP contribution in [0.4, 0.5) is 0 Å². The second kappa shape index (κ2) is 12.2. The molecule has 2 aliphatic carbocycles. The van der Waals surface area contributed by atoms with E-state index in [0.717, 1.165) is 5.69 Å². The minimum absolute atomic E-state index is 0.492.